The van der Waals surface area contributed by atoms with E-state index in [0.29, 0.717) is 17.2 Å². The smallest absolute Gasteiger partial charge is 0.169 e. The largest absolute Gasteiger partial charge is 0.497 e. The molecule has 6 heteroatoms. The first-order chi connectivity index (χ1) is 19.0. The van der Waals surface area contributed by atoms with E-state index in [-0.39, 0.29) is 0 Å². The molecule has 6 nitrogen and oxygen atoms in total. The zero-order chi connectivity index (χ0) is 27.6. The van der Waals surface area contributed by atoms with Gasteiger partial charge in [-0.2, -0.15) is 0 Å². The predicted octanol–water partition coefficient (Wildman–Crippen LogP) is 7.09. The first kappa shape index (κ1) is 27.7. The molecule has 0 radical (unpaired) electrons. The van der Waals surface area contributed by atoms with Gasteiger partial charge < -0.3 is 28.4 Å². The molecule has 0 aliphatic rings. The van der Waals surface area contributed by atoms with Crippen LogP contribution in [-0.4, -0.2) is 35.5 Å². The number of aryl methyl sites for hydroxylation is 4. The maximum Gasteiger partial charge on any atom is 0.169 e. The molecule has 0 N–H and O–H groups in total. The van der Waals surface area contributed by atoms with Crippen LogP contribution < -0.4 is 28.4 Å². The van der Waals surface area contributed by atoms with Crippen LogP contribution in [0.25, 0.3) is 0 Å². The molecule has 39 heavy (non-hydrogen) atoms. The van der Waals surface area contributed by atoms with E-state index in [2.05, 4.69) is 24.3 Å². The summed E-state index contributed by atoms with van der Waals surface area (Å²) >= 11 is 0. The lowest BCUT2D eigenvalue weighted by molar-refractivity contribution is 0.365. The Balaban J connectivity index is 1.55. The highest BCUT2D eigenvalue weighted by atomic mass is 16.5. The summed E-state index contributed by atoms with van der Waals surface area (Å²) in [5, 5.41) is 0. The second-order valence-corrected chi connectivity index (χ2v) is 9.13. The van der Waals surface area contributed by atoms with Gasteiger partial charge >= 0.3 is 0 Å². The normalized spacial score (nSPS) is 10.6. The van der Waals surface area contributed by atoms with Crippen molar-refractivity contribution in [1.82, 2.24) is 0 Å². The van der Waals surface area contributed by atoms with Crippen LogP contribution in [0.15, 0.2) is 78.9 Å². The fourth-order valence-electron chi connectivity index (χ4n) is 4.47. The fourth-order valence-corrected chi connectivity index (χ4v) is 4.47. The molecular formula is C33H36O6. The Hall–Kier alpha value is -4.32. The van der Waals surface area contributed by atoms with E-state index in [9.17, 15) is 0 Å². The van der Waals surface area contributed by atoms with Crippen molar-refractivity contribution in [1.29, 1.82) is 0 Å². The summed E-state index contributed by atoms with van der Waals surface area (Å²) in [4.78, 5) is 0. The Morgan fingerprint density at radius 3 is 1.74 bits per heavy atom. The van der Waals surface area contributed by atoms with Crippen LogP contribution in [0.3, 0.4) is 0 Å². The van der Waals surface area contributed by atoms with E-state index in [1.165, 1.54) is 11.1 Å². The van der Waals surface area contributed by atoms with Crippen molar-refractivity contribution in [3.63, 3.8) is 0 Å². The number of hydrogen-bond acceptors (Lipinski definition) is 6. The molecule has 0 aliphatic carbocycles. The van der Waals surface area contributed by atoms with Crippen LogP contribution >= 0.6 is 0 Å². The van der Waals surface area contributed by atoms with Gasteiger partial charge in [-0.25, -0.2) is 0 Å². The Labute approximate surface area is 231 Å². The first-order valence-corrected chi connectivity index (χ1v) is 12.9. The highest BCUT2D eigenvalue weighted by Gasteiger charge is 2.15. The van der Waals surface area contributed by atoms with Gasteiger partial charge in [0.1, 0.15) is 28.7 Å². The molecule has 0 amide bonds. The second kappa shape index (κ2) is 13.5. The van der Waals surface area contributed by atoms with E-state index in [1.54, 1.807) is 35.5 Å². The molecule has 0 aromatic heterocycles. The summed E-state index contributed by atoms with van der Waals surface area (Å²) in [7, 11) is 8.31. The van der Waals surface area contributed by atoms with Gasteiger partial charge in [-0.15, -0.1) is 0 Å². The zero-order valence-corrected chi connectivity index (χ0v) is 23.3. The van der Waals surface area contributed by atoms with Gasteiger partial charge in [0.05, 0.1) is 35.5 Å². The van der Waals surface area contributed by atoms with Crippen LogP contribution in [0, 0.1) is 0 Å². The van der Waals surface area contributed by atoms with Crippen molar-refractivity contribution in [2.24, 2.45) is 0 Å². The monoisotopic (exact) mass is 528 g/mol. The zero-order valence-electron chi connectivity index (χ0n) is 23.3. The van der Waals surface area contributed by atoms with Crippen molar-refractivity contribution in [3.8, 4) is 40.2 Å². The Bertz CT molecular complexity index is 1360. The van der Waals surface area contributed by atoms with Gasteiger partial charge in [0.15, 0.2) is 11.5 Å². The van der Waals surface area contributed by atoms with Crippen molar-refractivity contribution in [3.05, 3.63) is 101 Å². The quantitative estimate of drug-likeness (QED) is 0.185. The average molecular weight is 529 g/mol. The standard InChI is InChI=1S/C33H36O6/c1-34-27-15-12-23(13-16-27)9-10-25-18-29(36-3)21-30(19-25)39-33-20-26(31(37-4)22-32(33)38-5)14-11-24-7-6-8-28(17-24)35-2/h6-8,12-13,15-22H,9-11,14H2,1-5H3. The minimum Gasteiger partial charge on any atom is -0.497 e. The molecule has 4 rings (SSSR count). The third kappa shape index (κ3) is 7.38. The third-order valence-corrected chi connectivity index (χ3v) is 6.65. The number of hydrogen-bond donors (Lipinski definition) is 0. The van der Waals surface area contributed by atoms with E-state index in [0.717, 1.165) is 59.8 Å². The minimum absolute atomic E-state index is 0.597. The maximum absolute atomic E-state index is 6.40. The molecule has 4 aromatic carbocycles. The van der Waals surface area contributed by atoms with Gasteiger partial charge in [-0.3, -0.25) is 0 Å². The first-order valence-electron chi connectivity index (χ1n) is 12.9. The lowest BCUT2D eigenvalue weighted by Gasteiger charge is -2.17. The molecule has 0 atom stereocenters. The molecular weight excluding hydrogens is 492 g/mol. The topological polar surface area (TPSA) is 55.4 Å². The van der Waals surface area contributed by atoms with E-state index >= 15 is 0 Å². The second-order valence-electron chi connectivity index (χ2n) is 9.13. The Morgan fingerprint density at radius 1 is 0.410 bits per heavy atom. The Kier molecular flexibility index (Phi) is 9.57. The van der Waals surface area contributed by atoms with Crippen molar-refractivity contribution < 1.29 is 28.4 Å². The summed E-state index contributed by atoms with van der Waals surface area (Å²) in [6.07, 6.45) is 3.32. The number of methoxy groups -OCH3 is 5. The van der Waals surface area contributed by atoms with Gasteiger partial charge in [0.2, 0.25) is 0 Å². The van der Waals surface area contributed by atoms with Crippen molar-refractivity contribution >= 4 is 0 Å². The van der Waals surface area contributed by atoms with E-state index < -0.39 is 0 Å². The van der Waals surface area contributed by atoms with Crippen LogP contribution in [-0.2, 0) is 25.7 Å². The molecule has 0 unspecified atom stereocenters. The lowest BCUT2D eigenvalue weighted by Crippen LogP contribution is -2.00. The molecule has 0 saturated heterocycles. The summed E-state index contributed by atoms with van der Waals surface area (Å²) in [5.41, 5.74) is 4.56. The molecule has 4 aromatic rings. The summed E-state index contributed by atoms with van der Waals surface area (Å²) in [5.74, 6) is 5.09. The predicted molar refractivity (Wildman–Crippen MR) is 153 cm³/mol. The van der Waals surface area contributed by atoms with Crippen LogP contribution in [0.2, 0.25) is 0 Å². The van der Waals surface area contributed by atoms with Crippen molar-refractivity contribution in [2.75, 3.05) is 35.5 Å². The van der Waals surface area contributed by atoms with Crippen LogP contribution in [0.4, 0.5) is 0 Å². The molecule has 204 valence electrons. The van der Waals surface area contributed by atoms with E-state index in [1.807, 2.05) is 54.6 Å². The number of ether oxygens (including phenoxy) is 6. The van der Waals surface area contributed by atoms with Crippen LogP contribution in [0.5, 0.6) is 40.2 Å². The summed E-state index contributed by atoms with van der Waals surface area (Å²) < 4.78 is 34.0. The van der Waals surface area contributed by atoms with Crippen LogP contribution in [0.1, 0.15) is 22.3 Å². The SMILES string of the molecule is COc1ccc(CCc2cc(OC)cc(Oc3cc(CCc4cccc(OC)c4)c(OC)cc3OC)c2)cc1. The minimum atomic E-state index is 0.597. The van der Waals surface area contributed by atoms with Crippen molar-refractivity contribution in [2.45, 2.75) is 25.7 Å². The number of benzene rings is 4. The number of rotatable bonds is 13. The molecule has 0 heterocycles. The molecule has 0 fully saturated rings. The highest BCUT2D eigenvalue weighted by Crippen LogP contribution is 2.39. The van der Waals surface area contributed by atoms with Gasteiger partial charge in [-0.1, -0.05) is 24.3 Å². The molecule has 0 bridgehead atoms. The third-order valence-electron chi connectivity index (χ3n) is 6.65. The summed E-state index contributed by atoms with van der Waals surface area (Å²) in [6.45, 7) is 0. The Morgan fingerprint density at radius 2 is 1.05 bits per heavy atom. The molecule has 0 spiro atoms. The molecule has 0 aliphatic heterocycles. The highest BCUT2D eigenvalue weighted by molar-refractivity contribution is 5.53. The summed E-state index contributed by atoms with van der Waals surface area (Å²) in [6, 6.07) is 26.1. The van der Waals surface area contributed by atoms with E-state index in [4.69, 9.17) is 28.4 Å². The average Bonchev–Trinajstić information content (AvgIpc) is 2.99. The maximum atomic E-state index is 6.40. The van der Waals surface area contributed by atoms with Gasteiger partial charge in [0.25, 0.3) is 0 Å². The molecule has 0 saturated carbocycles. The lowest BCUT2D eigenvalue weighted by atomic mass is 10.0. The van der Waals surface area contributed by atoms with Gasteiger partial charge in [0, 0.05) is 12.1 Å². The van der Waals surface area contributed by atoms with Gasteiger partial charge in [-0.05, 0) is 90.4 Å². The fraction of sp³-hybridized carbons (Fsp3) is 0.273.